The molecule has 1 fully saturated rings. The zero-order valence-corrected chi connectivity index (χ0v) is 16.1. The van der Waals surface area contributed by atoms with Crippen LogP contribution in [0, 0.1) is 5.82 Å². The molecule has 0 aliphatic carbocycles. The number of benzene rings is 1. The summed E-state index contributed by atoms with van der Waals surface area (Å²) in [7, 11) is 0. The summed E-state index contributed by atoms with van der Waals surface area (Å²) in [5, 5.41) is 6.97. The topological polar surface area (TPSA) is 79.2 Å². The fraction of sp³-hybridized carbons (Fsp3) is 0.300. The molecule has 0 spiro atoms. The van der Waals surface area contributed by atoms with Crippen molar-refractivity contribution in [3.63, 3.8) is 0 Å². The van der Waals surface area contributed by atoms with Gasteiger partial charge < -0.3 is 10.2 Å². The third-order valence-corrected chi connectivity index (χ3v) is 5.01. The highest BCUT2D eigenvalue weighted by molar-refractivity contribution is 5.94. The van der Waals surface area contributed by atoms with Gasteiger partial charge >= 0.3 is 0 Å². The van der Waals surface area contributed by atoms with Crippen LogP contribution in [0.2, 0.25) is 0 Å². The maximum absolute atomic E-state index is 13.3. The molecule has 0 unspecified atom stereocenters. The standard InChI is InChI=1S/C20H22FN7O/c1-15(20(29)24-17-5-2-4-16(21)12-17)26-8-10-27(11-9-26)18-13-22-14-19(25-18)28-7-3-6-23-28/h2-7,12-15H,8-11H2,1H3,(H,24,29)/t15-/m0/s1. The van der Waals surface area contributed by atoms with Crippen LogP contribution in [0.3, 0.4) is 0 Å². The lowest BCUT2D eigenvalue weighted by Crippen LogP contribution is -2.53. The Bertz CT molecular complexity index is 970. The predicted molar refractivity (Wildman–Crippen MR) is 107 cm³/mol. The molecule has 29 heavy (non-hydrogen) atoms. The second kappa shape index (κ2) is 8.36. The van der Waals surface area contributed by atoms with Crippen LogP contribution in [0.25, 0.3) is 5.82 Å². The van der Waals surface area contributed by atoms with Crippen LogP contribution in [-0.4, -0.2) is 62.8 Å². The second-order valence-corrected chi connectivity index (χ2v) is 6.88. The van der Waals surface area contributed by atoms with Gasteiger partial charge in [-0.15, -0.1) is 0 Å². The first-order valence-corrected chi connectivity index (χ1v) is 9.47. The summed E-state index contributed by atoms with van der Waals surface area (Å²) in [5.41, 5.74) is 0.464. The number of aromatic nitrogens is 4. The van der Waals surface area contributed by atoms with Crippen LogP contribution in [0.4, 0.5) is 15.9 Å². The Morgan fingerprint density at radius 2 is 1.93 bits per heavy atom. The number of carbonyl (C=O) groups is 1. The van der Waals surface area contributed by atoms with Crippen LogP contribution in [-0.2, 0) is 4.79 Å². The quantitative estimate of drug-likeness (QED) is 0.711. The van der Waals surface area contributed by atoms with E-state index < -0.39 is 0 Å². The molecule has 1 atom stereocenters. The molecule has 3 heterocycles. The van der Waals surface area contributed by atoms with Crippen molar-refractivity contribution in [2.45, 2.75) is 13.0 Å². The van der Waals surface area contributed by atoms with Crippen LogP contribution < -0.4 is 10.2 Å². The molecular formula is C20H22FN7O. The third kappa shape index (κ3) is 4.40. The summed E-state index contributed by atoms with van der Waals surface area (Å²) in [4.78, 5) is 25.7. The molecule has 0 saturated carbocycles. The highest BCUT2D eigenvalue weighted by atomic mass is 19.1. The number of nitrogens with zero attached hydrogens (tertiary/aromatic N) is 6. The van der Waals surface area contributed by atoms with E-state index in [0.717, 1.165) is 18.9 Å². The van der Waals surface area contributed by atoms with Gasteiger partial charge in [-0.3, -0.25) is 14.7 Å². The number of carbonyl (C=O) groups excluding carboxylic acids is 1. The molecule has 150 valence electrons. The molecule has 1 N–H and O–H groups in total. The molecule has 2 aromatic heterocycles. The summed E-state index contributed by atoms with van der Waals surface area (Å²) >= 11 is 0. The first-order valence-electron chi connectivity index (χ1n) is 9.47. The molecular weight excluding hydrogens is 373 g/mol. The van der Waals surface area contributed by atoms with Crippen molar-refractivity contribution in [1.29, 1.82) is 0 Å². The van der Waals surface area contributed by atoms with Crippen LogP contribution in [0.1, 0.15) is 6.92 Å². The Labute approximate surface area is 168 Å². The van der Waals surface area contributed by atoms with Gasteiger partial charge in [-0.1, -0.05) is 6.07 Å². The van der Waals surface area contributed by atoms with Crippen molar-refractivity contribution >= 4 is 17.4 Å². The minimum Gasteiger partial charge on any atom is -0.353 e. The summed E-state index contributed by atoms with van der Waals surface area (Å²) in [5.74, 6) is 0.930. The van der Waals surface area contributed by atoms with Crippen LogP contribution in [0.5, 0.6) is 0 Å². The molecule has 8 nitrogen and oxygen atoms in total. The average molecular weight is 395 g/mol. The second-order valence-electron chi connectivity index (χ2n) is 6.88. The summed E-state index contributed by atoms with van der Waals surface area (Å²) in [6, 6.07) is 7.44. The lowest BCUT2D eigenvalue weighted by Gasteiger charge is -2.37. The Morgan fingerprint density at radius 1 is 1.14 bits per heavy atom. The first-order chi connectivity index (χ1) is 14.1. The van der Waals surface area contributed by atoms with Gasteiger partial charge in [0.05, 0.1) is 18.4 Å². The molecule has 1 aromatic carbocycles. The Morgan fingerprint density at radius 3 is 2.66 bits per heavy atom. The predicted octanol–water partition coefficient (Wildman–Crippen LogP) is 1.95. The van der Waals surface area contributed by atoms with E-state index in [4.69, 9.17) is 0 Å². The van der Waals surface area contributed by atoms with Gasteiger partial charge in [0, 0.05) is 44.3 Å². The highest BCUT2D eigenvalue weighted by Crippen LogP contribution is 2.17. The summed E-state index contributed by atoms with van der Waals surface area (Å²) < 4.78 is 15.0. The molecule has 9 heteroatoms. The number of rotatable bonds is 5. The number of anilines is 2. The molecule has 3 aromatic rings. The SMILES string of the molecule is C[C@@H](C(=O)Nc1cccc(F)c1)N1CCN(c2cncc(-n3cccn3)n2)CC1. The zero-order valence-electron chi connectivity index (χ0n) is 16.1. The Kier molecular flexibility index (Phi) is 5.48. The molecule has 1 aliphatic heterocycles. The minimum atomic E-state index is -0.373. The third-order valence-electron chi connectivity index (χ3n) is 5.01. The van der Waals surface area contributed by atoms with Crippen molar-refractivity contribution < 1.29 is 9.18 Å². The zero-order chi connectivity index (χ0) is 20.2. The fourth-order valence-electron chi connectivity index (χ4n) is 3.33. The number of amides is 1. The highest BCUT2D eigenvalue weighted by Gasteiger charge is 2.26. The largest absolute Gasteiger partial charge is 0.353 e. The number of piperazine rings is 1. The van der Waals surface area contributed by atoms with E-state index in [0.29, 0.717) is 24.6 Å². The van der Waals surface area contributed by atoms with Crippen LogP contribution in [0.15, 0.2) is 55.1 Å². The maximum Gasteiger partial charge on any atom is 0.241 e. The fourth-order valence-corrected chi connectivity index (χ4v) is 3.33. The van der Waals surface area contributed by atoms with Gasteiger partial charge in [-0.05, 0) is 31.2 Å². The van der Waals surface area contributed by atoms with Gasteiger partial charge in [-0.25, -0.2) is 14.1 Å². The number of hydrogen-bond donors (Lipinski definition) is 1. The lowest BCUT2D eigenvalue weighted by molar-refractivity contribution is -0.120. The summed E-state index contributed by atoms with van der Waals surface area (Å²) in [6.07, 6.45) is 6.93. The average Bonchev–Trinajstić information content (AvgIpc) is 3.28. The van der Waals surface area contributed by atoms with Crippen molar-refractivity contribution in [1.82, 2.24) is 24.6 Å². The molecule has 1 amide bonds. The lowest BCUT2D eigenvalue weighted by atomic mass is 10.2. The summed E-state index contributed by atoms with van der Waals surface area (Å²) in [6.45, 7) is 4.75. The van der Waals surface area contributed by atoms with Crippen LogP contribution >= 0.6 is 0 Å². The molecule has 0 radical (unpaired) electrons. The Balaban J connectivity index is 1.35. The van der Waals surface area contributed by atoms with Gasteiger partial charge in [0.15, 0.2) is 5.82 Å². The van der Waals surface area contributed by atoms with Gasteiger partial charge in [0.25, 0.3) is 0 Å². The van der Waals surface area contributed by atoms with Crippen molar-refractivity contribution in [2.24, 2.45) is 0 Å². The smallest absolute Gasteiger partial charge is 0.241 e. The molecule has 0 bridgehead atoms. The van der Waals surface area contributed by atoms with Gasteiger partial charge in [0.1, 0.15) is 11.6 Å². The molecule has 1 aliphatic rings. The van der Waals surface area contributed by atoms with E-state index in [2.05, 4.69) is 30.2 Å². The van der Waals surface area contributed by atoms with Gasteiger partial charge in [-0.2, -0.15) is 5.10 Å². The number of halogens is 1. The monoisotopic (exact) mass is 395 g/mol. The molecule has 4 rings (SSSR count). The van der Waals surface area contributed by atoms with Gasteiger partial charge in [0.2, 0.25) is 5.91 Å². The maximum atomic E-state index is 13.3. The van der Waals surface area contributed by atoms with Crippen molar-refractivity contribution in [3.8, 4) is 5.82 Å². The first kappa shape index (κ1) is 19.0. The van der Waals surface area contributed by atoms with Crippen molar-refractivity contribution in [2.75, 3.05) is 36.4 Å². The van der Waals surface area contributed by atoms with E-state index >= 15 is 0 Å². The van der Waals surface area contributed by atoms with E-state index in [1.807, 2.05) is 19.2 Å². The molecule has 1 saturated heterocycles. The number of nitrogens with one attached hydrogen (secondary N) is 1. The van der Waals surface area contributed by atoms with E-state index in [-0.39, 0.29) is 17.8 Å². The van der Waals surface area contributed by atoms with E-state index in [1.54, 1.807) is 35.4 Å². The Hall–Kier alpha value is -3.33. The minimum absolute atomic E-state index is 0.149. The van der Waals surface area contributed by atoms with Crippen molar-refractivity contribution in [3.05, 3.63) is 60.9 Å². The normalized spacial score (nSPS) is 15.9. The van der Waals surface area contributed by atoms with E-state index in [1.165, 1.54) is 12.1 Å². The number of hydrogen-bond acceptors (Lipinski definition) is 6. The van der Waals surface area contributed by atoms with E-state index in [9.17, 15) is 9.18 Å².